The van der Waals surface area contributed by atoms with Crippen LogP contribution in [0.15, 0.2) is 0 Å². The van der Waals surface area contributed by atoms with E-state index in [-0.39, 0.29) is 12.5 Å². The zero-order valence-electron chi connectivity index (χ0n) is 10.4. The van der Waals surface area contributed by atoms with E-state index in [0.717, 1.165) is 37.6 Å². The molecule has 0 saturated carbocycles. The number of piperidine rings is 1. The molecule has 17 heavy (non-hydrogen) atoms. The van der Waals surface area contributed by atoms with Crippen molar-refractivity contribution in [2.75, 3.05) is 37.7 Å². The van der Waals surface area contributed by atoms with Crippen molar-refractivity contribution in [3.05, 3.63) is 0 Å². The lowest BCUT2D eigenvalue weighted by Crippen LogP contribution is -2.34. The number of aliphatic hydroxyl groups is 1. The van der Waals surface area contributed by atoms with Crippen LogP contribution in [-0.2, 0) is 4.79 Å². The summed E-state index contributed by atoms with van der Waals surface area (Å²) in [6.07, 6.45) is 3.86. The van der Waals surface area contributed by atoms with Crippen LogP contribution in [0.25, 0.3) is 0 Å². The van der Waals surface area contributed by atoms with Gasteiger partial charge in [-0.15, -0.1) is 0 Å². The first-order valence-corrected chi connectivity index (χ1v) is 7.64. The fourth-order valence-electron chi connectivity index (χ4n) is 1.96. The molecular weight excluding hydrogens is 236 g/mol. The van der Waals surface area contributed by atoms with Gasteiger partial charge in [-0.1, -0.05) is 0 Å². The third kappa shape index (κ3) is 7.63. The molecule has 0 radical (unpaired) electrons. The maximum atomic E-state index is 11.6. The molecule has 100 valence electrons. The van der Waals surface area contributed by atoms with Gasteiger partial charge < -0.3 is 15.7 Å². The number of hydrogen-bond donors (Lipinski definition) is 3. The number of carbonyl (C=O) groups excluding carboxylic acids is 1. The lowest BCUT2D eigenvalue weighted by molar-refractivity contribution is -0.122. The fourth-order valence-corrected chi connectivity index (χ4v) is 2.75. The van der Waals surface area contributed by atoms with E-state index in [9.17, 15) is 4.79 Å². The molecule has 1 amide bonds. The van der Waals surface area contributed by atoms with Crippen LogP contribution in [-0.4, -0.2) is 48.8 Å². The molecule has 1 rings (SSSR count). The van der Waals surface area contributed by atoms with Gasteiger partial charge in [0.05, 0.1) is 0 Å². The molecule has 0 aromatic carbocycles. The highest BCUT2D eigenvalue weighted by Crippen LogP contribution is 2.13. The Morgan fingerprint density at radius 2 is 2.35 bits per heavy atom. The van der Waals surface area contributed by atoms with Crippen LogP contribution in [0, 0.1) is 5.92 Å². The molecule has 1 saturated heterocycles. The Balaban J connectivity index is 1.93. The second-order valence-electron chi connectivity index (χ2n) is 4.46. The Morgan fingerprint density at radius 1 is 1.47 bits per heavy atom. The minimum atomic E-state index is 0.182. The molecule has 3 N–H and O–H groups in total. The number of nitrogens with one attached hydrogen (secondary N) is 2. The molecule has 0 bridgehead atoms. The molecule has 1 heterocycles. The summed E-state index contributed by atoms with van der Waals surface area (Å²) in [5.41, 5.74) is 0. The summed E-state index contributed by atoms with van der Waals surface area (Å²) in [4.78, 5) is 11.6. The van der Waals surface area contributed by atoms with Gasteiger partial charge in [-0.2, -0.15) is 11.8 Å². The van der Waals surface area contributed by atoms with Crippen molar-refractivity contribution in [3.63, 3.8) is 0 Å². The highest BCUT2D eigenvalue weighted by atomic mass is 32.2. The SMILES string of the molecule is O=C(CC1CCCNC1)NCCSCCCO. The van der Waals surface area contributed by atoms with Crippen LogP contribution in [0.1, 0.15) is 25.7 Å². The van der Waals surface area contributed by atoms with E-state index < -0.39 is 0 Å². The minimum absolute atomic E-state index is 0.182. The second-order valence-corrected chi connectivity index (χ2v) is 5.68. The molecule has 1 atom stereocenters. The van der Waals surface area contributed by atoms with E-state index in [0.29, 0.717) is 12.3 Å². The Hall–Kier alpha value is -0.260. The fraction of sp³-hybridized carbons (Fsp3) is 0.917. The predicted octanol–water partition coefficient (Wildman–Crippen LogP) is 0.608. The van der Waals surface area contributed by atoms with Crippen molar-refractivity contribution in [1.82, 2.24) is 10.6 Å². The Bertz CT molecular complexity index is 209. The summed E-state index contributed by atoms with van der Waals surface area (Å²) in [6, 6.07) is 0. The Labute approximate surface area is 108 Å². The molecule has 0 spiro atoms. The minimum Gasteiger partial charge on any atom is -0.396 e. The highest BCUT2D eigenvalue weighted by Gasteiger charge is 2.16. The topological polar surface area (TPSA) is 61.4 Å². The molecule has 4 nitrogen and oxygen atoms in total. The van der Waals surface area contributed by atoms with Gasteiger partial charge in [0.15, 0.2) is 0 Å². The van der Waals surface area contributed by atoms with Crippen LogP contribution in [0.2, 0.25) is 0 Å². The maximum Gasteiger partial charge on any atom is 0.220 e. The highest BCUT2D eigenvalue weighted by molar-refractivity contribution is 7.99. The van der Waals surface area contributed by atoms with Crippen LogP contribution in [0.4, 0.5) is 0 Å². The van der Waals surface area contributed by atoms with Gasteiger partial charge in [0, 0.05) is 25.3 Å². The number of thioether (sulfide) groups is 1. The molecule has 0 aromatic rings. The van der Waals surface area contributed by atoms with Gasteiger partial charge in [-0.05, 0) is 44.0 Å². The van der Waals surface area contributed by atoms with Crippen molar-refractivity contribution in [2.24, 2.45) is 5.92 Å². The summed E-state index contributed by atoms with van der Waals surface area (Å²) in [5, 5.41) is 14.9. The quantitative estimate of drug-likeness (QED) is 0.560. The molecule has 1 unspecified atom stereocenters. The van der Waals surface area contributed by atoms with E-state index in [1.165, 1.54) is 12.8 Å². The Kier molecular flexibility index (Phi) is 8.48. The molecule has 0 aromatic heterocycles. The van der Waals surface area contributed by atoms with E-state index >= 15 is 0 Å². The van der Waals surface area contributed by atoms with Gasteiger partial charge in [0.1, 0.15) is 0 Å². The molecule has 5 heteroatoms. The zero-order chi connectivity index (χ0) is 12.3. The molecule has 1 aliphatic rings. The summed E-state index contributed by atoms with van der Waals surface area (Å²) >= 11 is 1.78. The number of aliphatic hydroxyl groups excluding tert-OH is 1. The smallest absolute Gasteiger partial charge is 0.220 e. The van der Waals surface area contributed by atoms with Gasteiger partial charge in [-0.3, -0.25) is 4.79 Å². The zero-order valence-corrected chi connectivity index (χ0v) is 11.2. The molecule has 1 aliphatic heterocycles. The summed E-state index contributed by atoms with van der Waals surface area (Å²) in [6.45, 7) is 3.08. The van der Waals surface area contributed by atoms with Crippen LogP contribution in [0.3, 0.4) is 0 Å². The van der Waals surface area contributed by atoms with Crippen molar-refractivity contribution >= 4 is 17.7 Å². The van der Waals surface area contributed by atoms with Crippen molar-refractivity contribution in [3.8, 4) is 0 Å². The molecule has 1 fully saturated rings. The van der Waals surface area contributed by atoms with Gasteiger partial charge in [0.25, 0.3) is 0 Å². The van der Waals surface area contributed by atoms with Gasteiger partial charge >= 0.3 is 0 Å². The van der Waals surface area contributed by atoms with Crippen LogP contribution >= 0.6 is 11.8 Å². The first-order valence-electron chi connectivity index (χ1n) is 6.49. The van der Waals surface area contributed by atoms with Crippen molar-refractivity contribution in [1.29, 1.82) is 0 Å². The summed E-state index contributed by atoms with van der Waals surface area (Å²) in [7, 11) is 0. The Morgan fingerprint density at radius 3 is 3.06 bits per heavy atom. The number of rotatable bonds is 8. The van der Waals surface area contributed by atoms with Gasteiger partial charge in [0.2, 0.25) is 5.91 Å². The van der Waals surface area contributed by atoms with Crippen LogP contribution < -0.4 is 10.6 Å². The summed E-state index contributed by atoms with van der Waals surface area (Å²) in [5.74, 6) is 2.61. The molecular formula is C12H24N2O2S. The number of carbonyl (C=O) groups is 1. The lowest BCUT2D eigenvalue weighted by atomic mass is 9.96. The lowest BCUT2D eigenvalue weighted by Gasteiger charge is -2.22. The first kappa shape index (κ1) is 14.8. The number of hydrogen-bond acceptors (Lipinski definition) is 4. The third-order valence-corrected chi connectivity index (χ3v) is 3.96. The summed E-state index contributed by atoms with van der Waals surface area (Å²) < 4.78 is 0. The average Bonchev–Trinajstić information content (AvgIpc) is 2.35. The predicted molar refractivity (Wildman–Crippen MR) is 72.2 cm³/mol. The van der Waals surface area contributed by atoms with E-state index in [1.54, 1.807) is 11.8 Å². The average molecular weight is 260 g/mol. The number of amides is 1. The monoisotopic (exact) mass is 260 g/mol. The normalized spacial score (nSPS) is 20.2. The molecule has 0 aliphatic carbocycles. The largest absolute Gasteiger partial charge is 0.396 e. The van der Waals surface area contributed by atoms with E-state index in [2.05, 4.69) is 10.6 Å². The van der Waals surface area contributed by atoms with E-state index in [1.807, 2.05) is 0 Å². The second kappa shape index (κ2) is 9.74. The van der Waals surface area contributed by atoms with E-state index in [4.69, 9.17) is 5.11 Å². The van der Waals surface area contributed by atoms with Crippen molar-refractivity contribution < 1.29 is 9.90 Å². The van der Waals surface area contributed by atoms with Crippen molar-refractivity contribution in [2.45, 2.75) is 25.7 Å². The standard InChI is InChI=1S/C12H24N2O2S/c15-6-2-7-17-8-5-14-12(16)9-11-3-1-4-13-10-11/h11,13,15H,1-10H2,(H,14,16). The maximum absolute atomic E-state index is 11.6. The third-order valence-electron chi connectivity index (χ3n) is 2.89. The van der Waals surface area contributed by atoms with Gasteiger partial charge in [-0.25, -0.2) is 0 Å². The first-order chi connectivity index (χ1) is 8.33. The van der Waals surface area contributed by atoms with Crippen LogP contribution in [0.5, 0.6) is 0 Å².